The summed E-state index contributed by atoms with van der Waals surface area (Å²) < 4.78 is 38.6. The molecule has 0 aliphatic carbocycles. The van der Waals surface area contributed by atoms with Gasteiger partial charge in [0, 0.05) is 25.0 Å². The highest BCUT2D eigenvalue weighted by Crippen LogP contribution is 2.33. The number of hydrogen-bond acceptors (Lipinski definition) is 6. The minimum Gasteiger partial charge on any atom is -0.481 e. The molecule has 1 aromatic rings. The summed E-state index contributed by atoms with van der Waals surface area (Å²) in [5, 5.41) is 8.76. The summed E-state index contributed by atoms with van der Waals surface area (Å²) in [6.07, 6.45) is 1.28. The van der Waals surface area contributed by atoms with Gasteiger partial charge in [-0.15, -0.1) is 0 Å². The number of nitrogens with zero attached hydrogens (tertiary/aromatic N) is 1. The average Bonchev–Trinajstić information content (AvgIpc) is 2.61. The summed E-state index contributed by atoms with van der Waals surface area (Å²) in [7, 11) is -3.70. The Morgan fingerprint density at radius 1 is 1.35 bits per heavy atom. The molecule has 1 spiro atoms. The van der Waals surface area contributed by atoms with Crippen LogP contribution in [0.2, 0.25) is 0 Å². The number of hydrogen-bond donors (Lipinski definition) is 2. The van der Waals surface area contributed by atoms with Crippen molar-refractivity contribution in [3.8, 4) is 5.88 Å². The van der Waals surface area contributed by atoms with E-state index in [4.69, 9.17) is 14.6 Å². The molecule has 2 aliphatic heterocycles. The third kappa shape index (κ3) is 3.46. The summed E-state index contributed by atoms with van der Waals surface area (Å²) in [5.74, 6) is -0.891. The SMILES string of the molecule is O=C(O)CCc1ccc2c(n1)OC1(CCOCC1)CNS2(=O)=O. The zero-order chi connectivity index (χ0) is 16.5. The van der Waals surface area contributed by atoms with E-state index in [1.54, 1.807) is 0 Å². The van der Waals surface area contributed by atoms with Crippen LogP contribution in [-0.2, 0) is 26.0 Å². The second kappa shape index (κ2) is 6.06. The molecule has 23 heavy (non-hydrogen) atoms. The van der Waals surface area contributed by atoms with Crippen LogP contribution in [0.3, 0.4) is 0 Å². The molecular formula is C14H18N2O6S. The van der Waals surface area contributed by atoms with Crippen LogP contribution in [0.15, 0.2) is 17.0 Å². The van der Waals surface area contributed by atoms with Gasteiger partial charge in [0.05, 0.1) is 26.2 Å². The number of aliphatic carboxylic acids is 1. The van der Waals surface area contributed by atoms with Crippen molar-refractivity contribution in [3.05, 3.63) is 17.8 Å². The maximum atomic E-state index is 12.3. The normalized spacial score (nSPS) is 21.9. The van der Waals surface area contributed by atoms with Crippen molar-refractivity contribution in [2.75, 3.05) is 19.8 Å². The maximum absolute atomic E-state index is 12.3. The number of aryl methyl sites for hydroxylation is 1. The number of nitrogens with one attached hydrogen (secondary N) is 1. The summed E-state index contributed by atoms with van der Waals surface area (Å²) in [5.41, 5.74) is -0.180. The van der Waals surface area contributed by atoms with E-state index in [-0.39, 0.29) is 30.2 Å². The standard InChI is InChI=1S/C14H18N2O6S/c17-12(18)4-2-10-1-3-11-13(16-10)22-14(5-7-21-8-6-14)9-15-23(11,19)20/h1,3,15H,2,4-9H2,(H,17,18). The van der Waals surface area contributed by atoms with Crippen molar-refractivity contribution in [2.45, 2.75) is 36.2 Å². The number of sulfonamides is 1. The number of carboxylic acid groups (broad SMARTS) is 1. The Morgan fingerprint density at radius 3 is 2.78 bits per heavy atom. The number of carboxylic acids is 1. The Kier molecular flexibility index (Phi) is 4.26. The second-order valence-electron chi connectivity index (χ2n) is 5.72. The Bertz CT molecular complexity index is 712. The lowest BCUT2D eigenvalue weighted by molar-refractivity contribution is -0.137. The van der Waals surface area contributed by atoms with Crippen LogP contribution in [0.1, 0.15) is 25.0 Å². The Hall–Kier alpha value is -1.71. The number of pyridine rings is 1. The van der Waals surface area contributed by atoms with Gasteiger partial charge in [-0.25, -0.2) is 18.1 Å². The highest BCUT2D eigenvalue weighted by atomic mass is 32.2. The molecule has 0 saturated carbocycles. The Labute approximate surface area is 133 Å². The molecule has 1 aromatic heterocycles. The van der Waals surface area contributed by atoms with E-state index in [0.717, 1.165) is 0 Å². The molecule has 0 atom stereocenters. The van der Waals surface area contributed by atoms with Crippen molar-refractivity contribution >= 4 is 16.0 Å². The van der Waals surface area contributed by atoms with Crippen LogP contribution in [0.25, 0.3) is 0 Å². The summed E-state index contributed by atoms with van der Waals surface area (Å²) >= 11 is 0. The van der Waals surface area contributed by atoms with E-state index < -0.39 is 21.6 Å². The maximum Gasteiger partial charge on any atom is 0.303 e. The largest absolute Gasteiger partial charge is 0.481 e. The lowest BCUT2D eigenvalue weighted by Gasteiger charge is -2.35. The van der Waals surface area contributed by atoms with Crippen molar-refractivity contribution < 1.29 is 27.8 Å². The van der Waals surface area contributed by atoms with Crippen molar-refractivity contribution in [2.24, 2.45) is 0 Å². The fourth-order valence-electron chi connectivity index (χ4n) is 2.69. The summed E-state index contributed by atoms with van der Waals surface area (Å²) in [6.45, 7) is 1.16. The molecule has 3 rings (SSSR count). The van der Waals surface area contributed by atoms with Crippen LogP contribution >= 0.6 is 0 Å². The van der Waals surface area contributed by atoms with Gasteiger partial charge in [-0.3, -0.25) is 4.79 Å². The molecule has 126 valence electrons. The van der Waals surface area contributed by atoms with E-state index in [1.165, 1.54) is 12.1 Å². The zero-order valence-corrected chi connectivity index (χ0v) is 13.3. The van der Waals surface area contributed by atoms with Gasteiger partial charge in [-0.1, -0.05) is 0 Å². The number of ether oxygens (including phenoxy) is 2. The molecule has 8 nitrogen and oxygen atoms in total. The first kappa shape index (κ1) is 16.2. The Balaban J connectivity index is 1.95. The van der Waals surface area contributed by atoms with Crippen LogP contribution in [0, 0.1) is 0 Å². The predicted molar refractivity (Wildman–Crippen MR) is 78.8 cm³/mol. The molecule has 1 fully saturated rings. The highest BCUT2D eigenvalue weighted by Gasteiger charge is 2.41. The van der Waals surface area contributed by atoms with Gasteiger partial charge in [-0.2, -0.15) is 0 Å². The van der Waals surface area contributed by atoms with Crippen molar-refractivity contribution in [3.63, 3.8) is 0 Å². The zero-order valence-electron chi connectivity index (χ0n) is 12.4. The van der Waals surface area contributed by atoms with E-state index in [2.05, 4.69) is 9.71 Å². The van der Waals surface area contributed by atoms with Gasteiger partial charge in [0.1, 0.15) is 10.5 Å². The van der Waals surface area contributed by atoms with Gasteiger partial charge < -0.3 is 14.6 Å². The molecule has 9 heteroatoms. The van der Waals surface area contributed by atoms with Crippen LogP contribution in [-0.4, -0.2) is 49.8 Å². The first-order valence-corrected chi connectivity index (χ1v) is 8.87. The van der Waals surface area contributed by atoms with Gasteiger partial charge in [0.2, 0.25) is 15.9 Å². The monoisotopic (exact) mass is 342 g/mol. The van der Waals surface area contributed by atoms with Crippen LogP contribution in [0.4, 0.5) is 0 Å². The highest BCUT2D eigenvalue weighted by molar-refractivity contribution is 7.89. The summed E-state index contributed by atoms with van der Waals surface area (Å²) in [6, 6.07) is 2.94. The summed E-state index contributed by atoms with van der Waals surface area (Å²) in [4.78, 5) is 14.9. The molecule has 2 N–H and O–H groups in total. The average molecular weight is 342 g/mol. The fraction of sp³-hybridized carbons (Fsp3) is 0.571. The number of rotatable bonds is 3. The topological polar surface area (TPSA) is 115 Å². The van der Waals surface area contributed by atoms with Crippen molar-refractivity contribution in [1.82, 2.24) is 9.71 Å². The number of aromatic nitrogens is 1. The molecular weight excluding hydrogens is 324 g/mol. The molecule has 0 radical (unpaired) electrons. The predicted octanol–water partition coefficient (Wildman–Crippen LogP) is 0.319. The Morgan fingerprint density at radius 2 is 2.09 bits per heavy atom. The van der Waals surface area contributed by atoms with Gasteiger partial charge in [0.25, 0.3) is 0 Å². The third-order valence-electron chi connectivity index (χ3n) is 4.07. The molecule has 3 heterocycles. The molecule has 1 saturated heterocycles. The molecule has 0 aromatic carbocycles. The molecule has 0 bridgehead atoms. The smallest absolute Gasteiger partial charge is 0.303 e. The van der Waals surface area contributed by atoms with E-state index in [9.17, 15) is 13.2 Å². The van der Waals surface area contributed by atoms with E-state index in [1.807, 2.05) is 0 Å². The first-order valence-electron chi connectivity index (χ1n) is 7.38. The first-order chi connectivity index (χ1) is 10.9. The minimum atomic E-state index is -3.70. The van der Waals surface area contributed by atoms with E-state index in [0.29, 0.717) is 31.7 Å². The lowest BCUT2D eigenvalue weighted by Crippen LogP contribution is -2.49. The second-order valence-corrected chi connectivity index (χ2v) is 7.46. The van der Waals surface area contributed by atoms with Gasteiger partial charge >= 0.3 is 5.97 Å². The van der Waals surface area contributed by atoms with Gasteiger partial charge in [0.15, 0.2) is 0 Å². The quantitative estimate of drug-likeness (QED) is 0.813. The molecule has 2 aliphatic rings. The molecule has 0 amide bonds. The fourth-order valence-corrected chi connectivity index (χ4v) is 3.86. The number of carbonyl (C=O) groups is 1. The van der Waals surface area contributed by atoms with Crippen molar-refractivity contribution in [1.29, 1.82) is 0 Å². The number of fused-ring (bicyclic) bond motifs is 1. The van der Waals surface area contributed by atoms with Gasteiger partial charge in [-0.05, 0) is 12.1 Å². The lowest BCUT2D eigenvalue weighted by atomic mass is 9.94. The van der Waals surface area contributed by atoms with Crippen LogP contribution < -0.4 is 9.46 Å². The third-order valence-corrected chi connectivity index (χ3v) is 5.48. The van der Waals surface area contributed by atoms with Crippen LogP contribution in [0.5, 0.6) is 5.88 Å². The molecule has 0 unspecified atom stereocenters. The van der Waals surface area contributed by atoms with E-state index >= 15 is 0 Å². The minimum absolute atomic E-state index is 0.0139.